The topological polar surface area (TPSA) is 110 Å². The summed E-state index contributed by atoms with van der Waals surface area (Å²) >= 11 is 0. The Bertz CT molecular complexity index is 2150. The number of benzene rings is 4. The van der Waals surface area contributed by atoms with Gasteiger partial charge in [0.2, 0.25) is 5.79 Å². The fourth-order valence-corrected chi connectivity index (χ4v) is 9.78. The van der Waals surface area contributed by atoms with Gasteiger partial charge in [-0.15, -0.1) is 6.58 Å². The number of allylic oxidation sites excluding steroid dienone is 1. The second kappa shape index (κ2) is 20.4. The third kappa shape index (κ3) is 9.09. The fourth-order valence-electron chi connectivity index (χ4n) is 9.78. The molecule has 0 radical (unpaired) electrons. The minimum Gasteiger partial charge on any atom is -0.490 e. The number of aliphatic hydroxyl groups excluding tert-OH is 2. The molecule has 6 atom stereocenters. The maximum atomic E-state index is 15.2. The number of carbonyl (C=O) groups is 1. The number of fused-ring (bicyclic) bond motifs is 3. The van der Waals surface area contributed by atoms with Gasteiger partial charge in [0.15, 0.2) is 0 Å². The van der Waals surface area contributed by atoms with E-state index >= 15 is 4.79 Å². The molecule has 9 nitrogen and oxygen atoms in total. The number of nitrogens with zero attached hydrogens (tertiary/aromatic N) is 2. The number of unbranched alkanes of at least 4 members (excludes halogenated alkanes) is 2. The molecule has 0 saturated heterocycles. The van der Waals surface area contributed by atoms with Crippen molar-refractivity contribution in [2.75, 3.05) is 33.0 Å². The van der Waals surface area contributed by atoms with Crippen LogP contribution in [-0.4, -0.2) is 71.5 Å². The Labute approximate surface area is 355 Å². The van der Waals surface area contributed by atoms with E-state index in [-0.39, 0.29) is 50.1 Å². The second-order valence-electron chi connectivity index (χ2n) is 16.2. The minimum absolute atomic E-state index is 0.106. The summed E-state index contributed by atoms with van der Waals surface area (Å²) in [7, 11) is 0. The van der Waals surface area contributed by atoms with Gasteiger partial charge < -0.3 is 34.2 Å². The Morgan fingerprint density at radius 2 is 1.65 bits per heavy atom. The van der Waals surface area contributed by atoms with Crippen LogP contribution in [0.3, 0.4) is 0 Å². The van der Waals surface area contributed by atoms with Crippen LogP contribution in [0.15, 0.2) is 133 Å². The maximum Gasteiger partial charge on any atom is 0.254 e. The van der Waals surface area contributed by atoms with Crippen LogP contribution in [0.1, 0.15) is 85.7 Å². The zero-order valence-corrected chi connectivity index (χ0v) is 34.9. The number of ether oxygens (including phenoxy) is 3. The normalized spacial score (nSPS) is 23.5. The molecule has 9 heteroatoms. The number of rotatable bonds is 21. The Kier molecular flexibility index (Phi) is 14.6. The lowest BCUT2D eigenvalue weighted by molar-refractivity contribution is -0.254. The third-order valence-electron chi connectivity index (χ3n) is 12.4. The molecule has 4 aromatic carbocycles. The van der Waals surface area contributed by atoms with E-state index < -0.39 is 17.7 Å². The summed E-state index contributed by atoms with van der Waals surface area (Å²) in [4.78, 5) is 23.4. The molecule has 2 aliphatic carbocycles. The van der Waals surface area contributed by atoms with Gasteiger partial charge in [-0.1, -0.05) is 110 Å². The van der Waals surface area contributed by atoms with E-state index in [1.165, 1.54) is 0 Å². The van der Waals surface area contributed by atoms with Crippen LogP contribution in [0.5, 0.6) is 11.5 Å². The fraction of sp³-hybridized carbons (Fsp3) is 0.412. The van der Waals surface area contributed by atoms with Crippen LogP contribution in [0, 0.1) is 17.8 Å². The smallest absolute Gasteiger partial charge is 0.254 e. The molecule has 1 heterocycles. The Morgan fingerprint density at radius 1 is 0.900 bits per heavy atom. The van der Waals surface area contributed by atoms with Crippen LogP contribution in [-0.2, 0) is 16.2 Å². The largest absolute Gasteiger partial charge is 0.490 e. The van der Waals surface area contributed by atoms with E-state index in [4.69, 9.17) is 24.2 Å². The Morgan fingerprint density at radius 3 is 2.40 bits per heavy atom. The van der Waals surface area contributed by atoms with Crippen molar-refractivity contribution in [3.63, 3.8) is 0 Å². The van der Waals surface area contributed by atoms with E-state index in [0.717, 1.165) is 58.9 Å². The molecule has 316 valence electrons. The second-order valence-corrected chi connectivity index (χ2v) is 16.2. The van der Waals surface area contributed by atoms with Crippen LogP contribution in [0.2, 0.25) is 0 Å². The molecule has 60 heavy (non-hydrogen) atoms. The SMILES string of the molecule is C=CCOc1ccc2c(c1)C1C(CCCCO)C(CCCCO)C=C3C(=NOCc4ccccc4)CC(N(CCC)C(=O)c4ccc5ccccc5c4)C(OCC=C)(O2)C31. The van der Waals surface area contributed by atoms with Crippen molar-refractivity contribution < 1.29 is 34.1 Å². The van der Waals surface area contributed by atoms with Gasteiger partial charge in [0.25, 0.3) is 5.91 Å². The van der Waals surface area contributed by atoms with E-state index in [0.29, 0.717) is 55.9 Å². The van der Waals surface area contributed by atoms with Gasteiger partial charge in [-0.3, -0.25) is 4.79 Å². The monoisotopic (exact) mass is 812 g/mol. The predicted molar refractivity (Wildman–Crippen MR) is 237 cm³/mol. The van der Waals surface area contributed by atoms with Gasteiger partial charge in [0, 0.05) is 43.2 Å². The van der Waals surface area contributed by atoms with Gasteiger partial charge in [-0.2, -0.15) is 0 Å². The highest BCUT2D eigenvalue weighted by atomic mass is 16.7. The molecule has 0 spiro atoms. The summed E-state index contributed by atoms with van der Waals surface area (Å²) in [5.41, 5.74) is 4.37. The first kappa shape index (κ1) is 42.9. The van der Waals surface area contributed by atoms with Gasteiger partial charge >= 0.3 is 0 Å². The number of carbonyl (C=O) groups excluding carboxylic acids is 1. The predicted octanol–water partition coefficient (Wildman–Crippen LogP) is 9.79. The number of amides is 1. The average molecular weight is 813 g/mol. The Hall–Kier alpha value is -5.22. The first-order valence-electron chi connectivity index (χ1n) is 21.7. The molecule has 0 aromatic heterocycles. The molecule has 4 aromatic rings. The number of oxime groups is 1. The van der Waals surface area contributed by atoms with Gasteiger partial charge in [0.1, 0.15) is 30.8 Å². The maximum absolute atomic E-state index is 15.2. The van der Waals surface area contributed by atoms with Crippen LogP contribution in [0.25, 0.3) is 10.8 Å². The molecule has 1 amide bonds. The summed E-state index contributed by atoms with van der Waals surface area (Å²) in [6.45, 7) is 11.6. The highest BCUT2D eigenvalue weighted by Crippen LogP contribution is 2.62. The molecular weight excluding hydrogens is 753 g/mol. The number of hydrogen-bond donors (Lipinski definition) is 2. The molecule has 0 bridgehead atoms. The quantitative estimate of drug-likeness (QED) is 0.0490. The summed E-state index contributed by atoms with van der Waals surface area (Å²) in [5, 5.41) is 26.9. The molecular formula is C51H60N2O7. The summed E-state index contributed by atoms with van der Waals surface area (Å²) in [6, 6.07) is 29.4. The van der Waals surface area contributed by atoms with Crippen molar-refractivity contribution in [1.29, 1.82) is 0 Å². The standard InChI is InChI=1S/C51H60N2O7/c1-4-26-53(50(56)40-23-22-37-18-10-11-19-38(37)31-40)47-34-45(52-59-35-36-16-8-7-9-17-36)43-32-39(20-12-14-27-54)42(21-13-15-28-55)48-44-33-41(57-29-5-2)24-25-46(44)60-51(47,49(43)48)58-30-6-3/h5-11,16-19,22-25,31-33,39,42,47-49,54-55H,2-4,12-15,20-21,26-30,34-35H2,1H3. The first-order chi connectivity index (χ1) is 29.5. The molecule has 2 N–H and O–H groups in total. The van der Waals surface area contributed by atoms with Gasteiger partial charge in [-0.25, -0.2) is 0 Å². The molecule has 1 aliphatic heterocycles. The van der Waals surface area contributed by atoms with Crippen molar-refractivity contribution >= 4 is 22.4 Å². The average Bonchev–Trinajstić information content (AvgIpc) is 3.28. The van der Waals surface area contributed by atoms with Crippen molar-refractivity contribution in [2.24, 2.45) is 22.9 Å². The number of hydrogen-bond acceptors (Lipinski definition) is 8. The number of aliphatic hydroxyl groups is 2. The van der Waals surface area contributed by atoms with E-state index in [1.807, 2.05) is 83.8 Å². The zero-order chi connectivity index (χ0) is 41.9. The highest BCUT2D eigenvalue weighted by Gasteiger charge is 2.65. The minimum atomic E-state index is -1.34. The third-order valence-corrected chi connectivity index (χ3v) is 12.4. The van der Waals surface area contributed by atoms with Crippen molar-refractivity contribution in [3.05, 3.63) is 145 Å². The molecule has 3 aliphatic rings. The zero-order valence-electron chi connectivity index (χ0n) is 34.9. The molecule has 6 unspecified atom stereocenters. The molecule has 1 fully saturated rings. The van der Waals surface area contributed by atoms with E-state index in [9.17, 15) is 10.2 Å². The van der Waals surface area contributed by atoms with Gasteiger partial charge in [-0.05, 0) is 96.2 Å². The van der Waals surface area contributed by atoms with Crippen molar-refractivity contribution in [3.8, 4) is 11.5 Å². The van der Waals surface area contributed by atoms with Crippen LogP contribution < -0.4 is 9.47 Å². The van der Waals surface area contributed by atoms with Crippen molar-refractivity contribution in [1.82, 2.24) is 4.90 Å². The van der Waals surface area contributed by atoms with Gasteiger partial charge in [0.05, 0.1) is 18.2 Å². The lowest BCUT2D eigenvalue weighted by atomic mass is 9.55. The Balaban J connectivity index is 1.45. The summed E-state index contributed by atoms with van der Waals surface area (Å²) in [5.74, 6) is -0.378. The highest BCUT2D eigenvalue weighted by molar-refractivity contribution is 6.04. The van der Waals surface area contributed by atoms with Crippen LogP contribution in [0.4, 0.5) is 0 Å². The molecule has 1 saturated carbocycles. The lowest BCUT2D eigenvalue weighted by Gasteiger charge is -2.60. The summed E-state index contributed by atoms with van der Waals surface area (Å²) in [6.07, 6.45) is 11.7. The lowest BCUT2D eigenvalue weighted by Crippen LogP contribution is -2.70. The summed E-state index contributed by atoms with van der Waals surface area (Å²) < 4.78 is 20.7. The van der Waals surface area contributed by atoms with E-state index in [1.54, 1.807) is 12.2 Å². The molecule has 7 rings (SSSR count). The first-order valence-corrected chi connectivity index (χ1v) is 21.7. The van der Waals surface area contributed by atoms with Crippen LogP contribution >= 0.6 is 0 Å². The van der Waals surface area contributed by atoms with E-state index in [2.05, 4.69) is 38.3 Å². The van der Waals surface area contributed by atoms with Crippen molar-refractivity contribution in [2.45, 2.75) is 82.6 Å².